The van der Waals surface area contributed by atoms with Gasteiger partial charge in [-0.2, -0.15) is 0 Å². The molecule has 0 bridgehead atoms. The van der Waals surface area contributed by atoms with Gasteiger partial charge in [0, 0.05) is 10.6 Å². The molecule has 82 valence electrons. The molecule has 0 unspecified atom stereocenters. The minimum Gasteiger partial charge on any atom is -0.469 e. The molecule has 0 aliphatic heterocycles. The molecule has 0 fully saturated rings. The lowest BCUT2D eigenvalue weighted by Gasteiger charge is -2.09. The van der Waals surface area contributed by atoms with Crippen LogP contribution in [0, 0.1) is 0 Å². The molecule has 1 aromatic carbocycles. The highest BCUT2D eigenvalue weighted by molar-refractivity contribution is 6.35. The van der Waals surface area contributed by atoms with E-state index in [9.17, 15) is 4.79 Å². The number of halogens is 2. The summed E-state index contributed by atoms with van der Waals surface area (Å²) in [5.41, 5.74) is 4.66. The zero-order valence-corrected chi connectivity index (χ0v) is 9.81. The average molecular weight is 249 g/mol. The van der Waals surface area contributed by atoms with E-state index in [0.717, 1.165) is 5.56 Å². The van der Waals surface area contributed by atoms with Crippen LogP contribution in [0.2, 0.25) is 10.0 Å². The van der Waals surface area contributed by atoms with Gasteiger partial charge in [-0.3, -0.25) is 4.79 Å². The zero-order chi connectivity index (χ0) is 11.4. The van der Waals surface area contributed by atoms with E-state index in [4.69, 9.17) is 23.2 Å². The SMILES string of the molecule is COC(=O)C[C@H]([NH3+])c1ccc(Cl)cc1Cl. The van der Waals surface area contributed by atoms with Crippen LogP contribution in [-0.2, 0) is 9.53 Å². The summed E-state index contributed by atoms with van der Waals surface area (Å²) in [5, 5.41) is 1.08. The highest BCUT2D eigenvalue weighted by Crippen LogP contribution is 2.25. The summed E-state index contributed by atoms with van der Waals surface area (Å²) in [4.78, 5) is 11.0. The Morgan fingerprint density at radius 2 is 2.20 bits per heavy atom. The summed E-state index contributed by atoms with van der Waals surface area (Å²) in [7, 11) is 1.35. The van der Waals surface area contributed by atoms with E-state index in [1.165, 1.54) is 7.11 Å². The van der Waals surface area contributed by atoms with Crippen LogP contribution >= 0.6 is 23.2 Å². The first-order chi connectivity index (χ1) is 7.04. The number of carbonyl (C=O) groups is 1. The minimum absolute atomic E-state index is 0.206. The standard InChI is InChI=1S/C10H11Cl2NO2/c1-15-10(14)5-9(13)7-3-2-6(11)4-8(7)12/h2-4,9H,5,13H2,1H3/p+1/t9-/m0/s1. The van der Waals surface area contributed by atoms with Crippen molar-refractivity contribution in [1.82, 2.24) is 0 Å². The molecule has 1 rings (SSSR count). The molecule has 0 spiro atoms. The van der Waals surface area contributed by atoms with E-state index in [0.29, 0.717) is 10.0 Å². The zero-order valence-electron chi connectivity index (χ0n) is 8.30. The Bertz CT molecular complexity index is 368. The maximum atomic E-state index is 11.0. The van der Waals surface area contributed by atoms with Crippen molar-refractivity contribution in [3.05, 3.63) is 33.8 Å². The molecule has 0 aromatic heterocycles. The predicted molar refractivity (Wildman–Crippen MR) is 58.7 cm³/mol. The van der Waals surface area contributed by atoms with Crippen molar-refractivity contribution < 1.29 is 15.3 Å². The van der Waals surface area contributed by atoms with Crippen molar-refractivity contribution in [2.24, 2.45) is 0 Å². The third kappa shape index (κ3) is 3.38. The Morgan fingerprint density at radius 3 is 2.73 bits per heavy atom. The molecule has 0 aliphatic carbocycles. The summed E-state index contributed by atoms with van der Waals surface area (Å²) in [6, 6.07) is 4.90. The van der Waals surface area contributed by atoms with Crippen LogP contribution in [0.3, 0.4) is 0 Å². The van der Waals surface area contributed by atoms with Gasteiger partial charge in [0.05, 0.1) is 12.1 Å². The van der Waals surface area contributed by atoms with Crippen LogP contribution in [0.1, 0.15) is 18.0 Å². The summed E-state index contributed by atoms with van der Waals surface area (Å²) in [5.74, 6) is -0.305. The molecule has 0 saturated heterocycles. The van der Waals surface area contributed by atoms with E-state index in [-0.39, 0.29) is 18.4 Å². The fourth-order valence-corrected chi connectivity index (χ4v) is 1.79. The first-order valence-electron chi connectivity index (χ1n) is 4.39. The van der Waals surface area contributed by atoms with Crippen molar-refractivity contribution in [1.29, 1.82) is 0 Å². The van der Waals surface area contributed by atoms with Gasteiger partial charge in [0.25, 0.3) is 0 Å². The summed E-state index contributed by atoms with van der Waals surface area (Å²) in [6.07, 6.45) is 0.206. The Morgan fingerprint density at radius 1 is 1.53 bits per heavy atom. The smallest absolute Gasteiger partial charge is 0.311 e. The second kappa shape index (κ2) is 5.35. The monoisotopic (exact) mass is 248 g/mol. The fourth-order valence-electron chi connectivity index (χ4n) is 1.23. The van der Waals surface area contributed by atoms with E-state index < -0.39 is 0 Å². The largest absolute Gasteiger partial charge is 0.469 e. The minimum atomic E-state index is -0.305. The van der Waals surface area contributed by atoms with E-state index >= 15 is 0 Å². The second-order valence-corrected chi connectivity index (χ2v) is 3.99. The van der Waals surface area contributed by atoms with Gasteiger partial charge in [-0.25, -0.2) is 0 Å². The third-order valence-corrected chi connectivity index (χ3v) is 2.61. The molecule has 0 aliphatic rings. The maximum absolute atomic E-state index is 11.0. The topological polar surface area (TPSA) is 53.9 Å². The highest BCUT2D eigenvalue weighted by Gasteiger charge is 2.18. The van der Waals surface area contributed by atoms with Gasteiger partial charge in [0.2, 0.25) is 0 Å². The van der Waals surface area contributed by atoms with Gasteiger partial charge in [0.15, 0.2) is 0 Å². The lowest BCUT2D eigenvalue weighted by molar-refractivity contribution is -0.425. The quantitative estimate of drug-likeness (QED) is 0.831. The number of carbonyl (C=O) groups excluding carboxylic acids is 1. The third-order valence-electron chi connectivity index (χ3n) is 2.04. The summed E-state index contributed by atoms with van der Waals surface area (Å²) < 4.78 is 4.56. The van der Waals surface area contributed by atoms with E-state index in [2.05, 4.69) is 10.5 Å². The Hall–Kier alpha value is -0.770. The number of benzene rings is 1. The Balaban J connectivity index is 2.82. The predicted octanol–water partition coefficient (Wildman–Crippen LogP) is 1.84. The maximum Gasteiger partial charge on any atom is 0.311 e. The van der Waals surface area contributed by atoms with Gasteiger partial charge >= 0.3 is 5.97 Å². The summed E-state index contributed by atoms with van der Waals surface area (Å²) >= 11 is 11.7. The fraction of sp³-hybridized carbons (Fsp3) is 0.300. The first kappa shape index (κ1) is 12.3. The number of rotatable bonds is 3. The molecule has 0 heterocycles. The molecule has 15 heavy (non-hydrogen) atoms. The number of methoxy groups -OCH3 is 1. The van der Waals surface area contributed by atoms with Gasteiger partial charge < -0.3 is 10.5 Å². The van der Waals surface area contributed by atoms with Crippen LogP contribution < -0.4 is 5.73 Å². The normalized spacial score (nSPS) is 12.3. The highest BCUT2D eigenvalue weighted by atomic mass is 35.5. The molecule has 3 nitrogen and oxygen atoms in total. The molecular weight excluding hydrogens is 237 g/mol. The van der Waals surface area contributed by atoms with Crippen molar-refractivity contribution in [2.45, 2.75) is 12.5 Å². The molecule has 1 atom stereocenters. The molecule has 0 radical (unpaired) electrons. The molecule has 5 heteroatoms. The molecule has 1 aromatic rings. The van der Waals surface area contributed by atoms with Crippen molar-refractivity contribution in [3.63, 3.8) is 0 Å². The van der Waals surface area contributed by atoms with Gasteiger partial charge in [-0.1, -0.05) is 29.3 Å². The van der Waals surface area contributed by atoms with Crippen LogP contribution in [0.5, 0.6) is 0 Å². The number of quaternary nitrogens is 1. The van der Waals surface area contributed by atoms with Crippen molar-refractivity contribution in [2.75, 3.05) is 7.11 Å². The average Bonchev–Trinajstić information content (AvgIpc) is 2.17. The molecule has 0 saturated carbocycles. The molecule has 3 N–H and O–H groups in total. The Kier molecular flexibility index (Phi) is 4.39. The summed E-state index contributed by atoms with van der Waals surface area (Å²) in [6.45, 7) is 0. The number of hydrogen-bond acceptors (Lipinski definition) is 2. The van der Waals surface area contributed by atoms with Crippen molar-refractivity contribution in [3.8, 4) is 0 Å². The number of esters is 1. The van der Waals surface area contributed by atoms with Crippen LogP contribution in [0.25, 0.3) is 0 Å². The van der Waals surface area contributed by atoms with Gasteiger partial charge in [0.1, 0.15) is 12.5 Å². The first-order valence-corrected chi connectivity index (χ1v) is 5.15. The van der Waals surface area contributed by atoms with Gasteiger partial charge in [-0.05, 0) is 12.1 Å². The number of hydrogen-bond donors (Lipinski definition) is 1. The lowest BCUT2D eigenvalue weighted by Crippen LogP contribution is -2.54. The lowest BCUT2D eigenvalue weighted by atomic mass is 10.1. The van der Waals surface area contributed by atoms with Crippen LogP contribution in [-0.4, -0.2) is 13.1 Å². The van der Waals surface area contributed by atoms with Crippen molar-refractivity contribution >= 4 is 29.2 Å². The number of ether oxygens (including phenoxy) is 1. The van der Waals surface area contributed by atoms with Crippen LogP contribution in [0.15, 0.2) is 18.2 Å². The Labute approximate surface area is 98.1 Å². The van der Waals surface area contributed by atoms with E-state index in [1.807, 2.05) is 0 Å². The van der Waals surface area contributed by atoms with Gasteiger partial charge in [-0.15, -0.1) is 0 Å². The second-order valence-electron chi connectivity index (χ2n) is 3.14. The molecule has 0 amide bonds. The van der Waals surface area contributed by atoms with E-state index in [1.54, 1.807) is 18.2 Å². The molecular formula is C10H12Cl2NO2+. The van der Waals surface area contributed by atoms with Crippen LogP contribution in [0.4, 0.5) is 0 Å².